The van der Waals surface area contributed by atoms with Gasteiger partial charge in [-0.15, -0.1) is 0 Å². The first kappa shape index (κ1) is 19.0. The van der Waals surface area contributed by atoms with E-state index < -0.39 is 0 Å². The van der Waals surface area contributed by atoms with E-state index in [1.807, 2.05) is 6.92 Å². The molecule has 0 spiro atoms. The molecule has 0 aromatic carbocycles. The van der Waals surface area contributed by atoms with Crippen LogP contribution in [-0.2, 0) is 19.1 Å². The third-order valence-electron chi connectivity index (χ3n) is 1.58. The molecular weight excluding hydrogens is 260 g/mol. The van der Waals surface area contributed by atoms with Crippen LogP contribution in [0.4, 0.5) is 0 Å². The van der Waals surface area contributed by atoms with E-state index in [1.54, 1.807) is 0 Å². The van der Waals surface area contributed by atoms with Crippen molar-refractivity contribution in [2.75, 3.05) is 19.5 Å². The van der Waals surface area contributed by atoms with Crippen molar-refractivity contribution < 1.29 is 19.1 Å². The second-order valence-corrected chi connectivity index (χ2v) is 4.56. The van der Waals surface area contributed by atoms with Crippen LogP contribution in [0.15, 0.2) is 0 Å². The Morgan fingerprint density at radius 1 is 1.29 bits per heavy atom. The molecule has 1 atom stereocenters. The van der Waals surface area contributed by atoms with Gasteiger partial charge in [0, 0.05) is 5.25 Å². The number of thiol groups is 2. The van der Waals surface area contributed by atoms with Crippen molar-refractivity contribution in [2.45, 2.75) is 38.4 Å². The zero-order valence-electron chi connectivity index (χ0n) is 10.6. The Morgan fingerprint density at radius 3 is 2.18 bits per heavy atom. The predicted molar refractivity (Wildman–Crippen MR) is 74.8 cm³/mol. The highest BCUT2D eigenvalue weighted by Crippen LogP contribution is 2.01. The summed E-state index contributed by atoms with van der Waals surface area (Å²) in [6.07, 6.45) is 2.42. The van der Waals surface area contributed by atoms with Gasteiger partial charge < -0.3 is 9.47 Å². The molecule has 0 radical (unpaired) electrons. The number of ether oxygens (including phenoxy) is 2. The van der Waals surface area contributed by atoms with Crippen molar-refractivity contribution in [3.63, 3.8) is 0 Å². The van der Waals surface area contributed by atoms with Crippen molar-refractivity contribution in [2.24, 2.45) is 0 Å². The number of unbranched alkanes of at least 4 members (excludes halogenated alkanes) is 1. The normalized spacial score (nSPS) is 10.9. The van der Waals surface area contributed by atoms with Gasteiger partial charge in [-0.25, -0.2) is 0 Å². The van der Waals surface area contributed by atoms with Gasteiger partial charge in [0.25, 0.3) is 0 Å². The van der Waals surface area contributed by atoms with Gasteiger partial charge in [-0.05, 0) is 6.42 Å². The fourth-order valence-electron chi connectivity index (χ4n) is 0.695. The zero-order chi connectivity index (χ0) is 13.7. The highest BCUT2D eigenvalue weighted by atomic mass is 32.1. The minimum Gasteiger partial charge on any atom is -0.468 e. The van der Waals surface area contributed by atoms with E-state index in [-0.39, 0.29) is 22.9 Å². The molecule has 0 rings (SSSR count). The number of carbonyl (C=O) groups excluding carboxylic acids is 2. The lowest BCUT2D eigenvalue weighted by Gasteiger charge is -2.04. The summed E-state index contributed by atoms with van der Waals surface area (Å²) < 4.78 is 9.09. The molecule has 0 aromatic rings. The smallest absolute Gasteiger partial charge is 0.315 e. The van der Waals surface area contributed by atoms with Crippen molar-refractivity contribution >= 4 is 37.2 Å². The van der Waals surface area contributed by atoms with Crippen molar-refractivity contribution in [3.8, 4) is 0 Å². The van der Waals surface area contributed by atoms with Gasteiger partial charge in [-0.3, -0.25) is 9.59 Å². The van der Waals surface area contributed by atoms with E-state index in [2.05, 4.69) is 36.9 Å². The summed E-state index contributed by atoms with van der Waals surface area (Å²) in [7, 11) is 1.33. The molecule has 4 nitrogen and oxygen atoms in total. The van der Waals surface area contributed by atoms with E-state index >= 15 is 0 Å². The first-order valence-electron chi connectivity index (χ1n) is 5.49. The Kier molecular flexibility index (Phi) is 15.3. The summed E-state index contributed by atoms with van der Waals surface area (Å²) in [5, 5.41) is 0.101. The summed E-state index contributed by atoms with van der Waals surface area (Å²) in [4.78, 5) is 20.7. The van der Waals surface area contributed by atoms with Gasteiger partial charge in [0.15, 0.2) is 0 Å². The second kappa shape index (κ2) is 13.7. The maximum atomic E-state index is 10.9. The molecule has 6 heteroatoms. The highest BCUT2D eigenvalue weighted by Gasteiger charge is 2.05. The lowest BCUT2D eigenvalue weighted by atomic mass is 10.3. The van der Waals surface area contributed by atoms with Gasteiger partial charge in [0.1, 0.15) is 0 Å². The van der Waals surface area contributed by atoms with Crippen molar-refractivity contribution in [3.05, 3.63) is 0 Å². The Balaban J connectivity index is 0. The topological polar surface area (TPSA) is 52.6 Å². The summed E-state index contributed by atoms with van der Waals surface area (Å²) in [6.45, 7) is 4.50. The fourth-order valence-corrected chi connectivity index (χ4v) is 0.973. The largest absolute Gasteiger partial charge is 0.468 e. The van der Waals surface area contributed by atoms with E-state index in [9.17, 15) is 9.59 Å². The molecule has 0 N–H and O–H groups in total. The molecule has 1 unspecified atom stereocenters. The number of carbonyl (C=O) groups is 2. The van der Waals surface area contributed by atoms with Crippen LogP contribution in [0.5, 0.6) is 0 Å². The van der Waals surface area contributed by atoms with Crippen LogP contribution in [0.2, 0.25) is 0 Å². The van der Waals surface area contributed by atoms with Gasteiger partial charge in [0.2, 0.25) is 0 Å². The average molecular weight is 282 g/mol. The fraction of sp³-hybridized carbons (Fsp3) is 0.818. The van der Waals surface area contributed by atoms with E-state index in [0.717, 1.165) is 12.8 Å². The SMILES string of the molecule is CCCCOC(=O)CC(C)S.COC(=O)CS. The van der Waals surface area contributed by atoms with Crippen LogP contribution in [0, 0.1) is 0 Å². The molecule has 0 bridgehead atoms. The van der Waals surface area contributed by atoms with E-state index in [0.29, 0.717) is 13.0 Å². The summed E-state index contributed by atoms with van der Waals surface area (Å²) >= 11 is 7.70. The minimum atomic E-state index is -0.293. The van der Waals surface area contributed by atoms with Crippen LogP contribution >= 0.6 is 25.3 Å². The Bertz CT molecular complexity index is 202. The number of esters is 2. The summed E-state index contributed by atoms with van der Waals surface area (Å²) in [6, 6.07) is 0. The predicted octanol–water partition coefficient (Wildman–Crippen LogP) is 2.13. The van der Waals surface area contributed by atoms with Crippen LogP contribution < -0.4 is 0 Å². The molecule has 0 fully saturated rings. The third kappa shape index (κ3) is 18.2. The van der Waals surface area contributed by atoms with E-state index in [1.165, 1.54) is 7.11 Å². The first-order chi connectivity index (χ1) is 7.97. The number of hydrogen-bond donors (Lipinski definition) is 2. The van der Waals surface area contributed by atoms with Crippen LogP contribution in [-0.4, -0.2) is 36.7 Å². The third-order valence-corrected chi connectivity index (χ3v) is 2.02. The molecule has 17 heavy (non-hydrogen) atoms. The van der Waals surface area contributed by atoms with Crippen LogP contribution in [0.3, 0.4) is 0 Å². The second-order valence-electron chi connectivity index (χ2n) is 3.36. The average Bonchev–Trinajstić information content (AvgIpc) is 2.28. The molecule has 0 saturated carbocycles. The van der Waals surface area contributed by atoms with Crippen LogP contribution in [0.1, 0.15) is 33.1 Å². The molecule has 102 valence electrons. The number of hydrogen-bond acceptors (Lipinski definition) is 6. The lowest BCUT2D eigenvalue weighted by Crippen LogP contribution is -2.09. The lowest BCUT2D eigenvalue weighted by molar-refractivity contribution is -0.143. The summed E-state index contributed by atoms with van der Waals surface area (Å²) in [5.41, 5.74) is 0. The standard InChI is InChI=1S/C8H16O2S.C3H6O2S/c1-3-4-5-10-8(9)6-7(2)11;1-5-3(4)2-6/h7,11H,3-6H2,1-2H3;6H,2H2,1H3. The van der Waals surface area contributed by atoms with E-state index in [4.69, 9.17) is 4.74 Å². The molecule has 0 heterocycles. The quantitative estimate of drug-likeness (QED) is 0.445. The molecule has 0 aromatic heterocycles. The Labute approximate surface area is 114 Å². The summed E-state index contributed by atoms with van der Waals surface area (Å²) in [5.74, 6) is -0.268. The monoisotopic (exact) mass is 282 g/mol. The molecular formula is C11H22O4S2. The number of rotatable bonds is 6. The minimum absolute atomic E-state index is 0.101. The zero-order valence-corrected chi connectivity index (χ0v) is 12.4. The molecule has 0 amide bonds. The van der Waals surface area contributed by atoms with Crippen molar-refractivity contribution in [1.29, 1.82) is 0 Å². The maximum Gasteiger partial charge on any atom is 0.315 e. The molecule has 0 aliphatic carbocycles. The maximum absolute atomic E-state index is 10.9. The molecule has 0 aliphatic rings. The Hall–Kier alpha value is -0.360. The van der Waals surface area contributed by atoms with Gasteiger partial charge in [-0.2, -0.15) is 25.3 Å². The van der Waals surface area contributed by atoms with Crippen LogP contribution in [0.25, 0.3) is 0 Å². The highest BCUT2D eigenvalue weighted by molar-refractivity contribution is 7.81. The number of methoxy groups -OCH3 is 1. The van der Waals surface area contributed by atoms with Crippen molar-refractivity contribution in [1.82, 2.24) is 0 Å². The molecule has 0 aliphatic heterocycles. The van der Waals surface area contributed by atoms with Gasteiger partial charge >= 0.3 is 11.9 Å². The molecule has 0 saturated heterocycles. The Morgan fingerprint density at radius 2 is 1.88 bits per heavy atom. The first-order valence-corrected chi connectivity index (χ1v) is 6.64. The van der Waals surface area contributed by atoms with Gasteiger partial charge in [0.05, 0.1) is 25.9 Å². The van der Waals surface area contributed by atoms with Gasteiger partial charge in [-0.1, -0.05) is 20.3 Å².